The van der Waals surface area contributed by atoms with Crippen molar-refractivity contribution in [3.63, 3.8) is 0 Å². The molecule has 0 aliphatic heterocycles. The molecule has 0 atom stereocenters. The molecule has 1 aliphatic carbocycles. The zero-order chi connectivity index (χ0) is 14.8. The third-order valence-electron chi connectivity index (χ3n) is 3.56. The molecular weight excluding hydrogens is 291 g/mol. The molecule has 0 saturated heterocycles. The lowest BCUT2D eigenvalue weighted by Crippen LogP contribution is -2.00. The van der Waals surface area contributed by atoms with Gasteiger partial charge < -0.3 is 4.74 Å². The van der Waals surface area contributed by atoms with Crippen molar-refractivity contribution < 1.29 is 13.9 Å². The predicted molar refractivity (Wildman–Crippen MR) is 80.5 cm³/mol. The molecule has 0 heterocycles. The van der Waals surface area contributed by atoms with E-state index in [1.807, 2.05) is 0 Å². The minimum absolute atomic E-state index is 0.0655. The zero-order valence-corrected chi connectivity index (χ0v) is 12.1. The van der Waals surface area contributed by atoms with Gasteiger partial charge in [0.15, 0.2) is 6.29 Å². The molecule has 1 fully saturated rings. The Hall–Kier alpha value is -1.87. The summed E-state index contributed by atoms with van der Waals surface area (Å²) >= 11 is 5.68. The van der Waals surface area contributed by atoms with Gasteiger partial charge in [-0.05, 0) is 60.2 Å². The van der Waals surface area contributed by atoms with Gasteiger partial charge in [0, 0.05) is 5.56 Å². The number of ether oxygens (including phenoxy) is 1. The summed E-state index contributed by atoms with van der Waals surface area (Å²) in [6, 6.07) is 9.77. The van der Waals surface area contributed by atoms with Crippen LogP contribution < -0.4 is 4.74 Å². The molecule has 4 heteroatoms. The molecule has 0 bridgehead atoms. The summed E-state index contributed by atoms with van der Waals surface area (Å²) in [6.45, 7) is 0.688. The second-order valence-corrected chi connectivity index (χ2v) is 5.66. The maximum atomic E-state index is 13.6. The fraction of sp³-hybridized carbons (Fsp3) is 0.235. The van der Waals surface area contributed by atoms with E-state index in [0.29, 0.717) is 35.0 Å². The summed E-state index contributed by atoms with van der Waals surface area (Å²) < 4.78 is 19.2. The first kappa shape index (κ1) is 14.1. The third kappa shape index (κ3) is 3.24. The third-order valence-corrected chi connectivity index (χ3v) is 3.87. The van der Waals surface area contributed by atoms with Gasteiger partial charge in [-0.25, -0.2) is 4.39 Å². The van der Waals surface area contributed by atoms with Gasteiger partial charge >= 0.3 is 0 Å². The Bertz CT molecular complexity index is 680. The minimum atomic E-state index is -0.500. The Balaban J connectivity index is 1.89. The molecule has 0 radical (unpaired) electrons. The Morgan fingerprint density at radius 2 is 2.05 bits per heavy atom. The van der Waals surface area contributed by atoms with Gasteiger partial charge in [-0.15, -0.1) is 0 Å². The molecule has 0 spiro atoms. The molecule has 1 saturated carbocycles. The molecule has 108 valence electrons. The van der Waals surface area contributed by atoms with Crippen molar-refractivity contribution in [3.8, 4) is 16.9 Å². The van der Waals surface area contributed by atoms with E-state index in [4.69, 9.17) is 16.3 Å². The van der Waals surface area contributed by atoms with Gasteiger partial charge in [-0.1, -0.05) is 17.7 Å². The molecular formula is C17H14ClFO2. The van der Waals surface area contributed by atoms with E-state index in [2.05, 4.69) is 0 Å². The molecule has 0 unspecified atom stereocenters. The smallest absolute Gasteiger partial charge is 0.150 e. The maximum absolute atomic E-state index is 13.6. The summed E-state index contributed by atoms with van der Waals surface area (Å²) in [7, 11) is 0. The van der Waals surface area contributed by atoms with E-state index in [1.165, 1.54) is 25.0 Å². The van der Waals surface area contributed by atoms with Crippen LogP contribution in [0.1, 0.15) is 23.2 Å². The van der Waals surface area contributed by atoms with Crippen molar-refractivity contribution in [2.45, 2.75) is 12.8 Å². The van der Waals surface area contributed by atoms with Crippen molar-refractivity contribution >= 4 is 17.9 Å². The van der Waals surface area contributed by atoms with Gasteiger partial charge in [0.25, 0.3) is 0 Å². The number of halogens is 2. The van der Waals surface area contributed by atoms with Crippen LogP contribution in [0.4, 0.5) is 4.39 Å². The highest BCUT2D eigenvalue weighted by molar-refractivity contribution is 6.30. The van der Waals surface area contributed by atoms with Crippen LogP contribution in [-0.2, 0) is 0 Å². The van der Waals surface area contributed by atoms with E-state index in [0.717, 1.165) is 6.29 Å². The largest absolute Gasteiger partial charge is 0.493 e. The van der Waals surface area contributed by atoms with Crippen LogP contribution >= 0.6 is 11.6 Å². The van der Waals surface area contributed by atoms with Crippen LogP contribution in [0, 0.1) is 11.7 Å². The monoisotopic (exact) mass is 304 g/mol. The van der Waals surface area contributed by atoms with Crippen molar-refractivity contribution in [1.82, 2.24) is 0 Å². The minimum Gasteiger partial charge on any atom is -0.493 e. The van der Waals surface area contributed by atoms with E-state index >= 15 is 0 Å². The molecule has 2 aromatic carbocycles. The first-order valence-electron chi connectivity index (χ1n) is 6.85. The number of rotatable bonds is 5. The Morgan fingerprint density at radius 3 is 2.71 bits per heavy atom. The number of carbonyl (C=O) groups is 1. The molecule has 1 aliphatic rings. The fourth-order valence-corrected chi connectivity index (χ4v) is 2.27. The number of hydrogen-bond acceptors (Lipinski definition) is 2. The molecule has 2 nitrogen and oxygen atoms in total. The molecule has 0 aromatic heterocycles. The average molecular weight is 305 g/mol. The Kier molecular flexibility index (Phi) is 3.93. The summed E-state index contributed by atoms with van der Waals surface area (Å²) in [5, 5.41) is 0.0655. The molecule has 0 N–H and O–H groups in total. The first-order valence-corrected chi connectivity index (χ1v) is 7.22. The Morgan fingerprint density at radius 1 is 1.24 bits per heavy atom. The molecule has 2 aromatic rings. The van der Waals surface area contributed by atoms with Crippen molar-refractivity contribution in [1.29, 1.82) is 0 Å². The van der Waals surface area contributed by atoms with Gasteiger partial charge in [0.05, 0.1) is 11.6 Å². The standard InChI is InChI=1S/C17H14ClFO2/c18-16-6-3-12(8-17(16)19)15-5-4-14(7-13(15)9-20)21-10-11-1-2-11/h3-9,11H,1-2,10H2. The van der Waals surface area contributed by atoms with Crippen LogP contribution in [0.2, 0.25) is 5.02 Å². The van der Waals surface area contributed by atoms with Crippen LogP contribution in [0.3, 0.4) is 0 Å². The zero-order valence-electron chi connectivity index (χ0n) is 11.3. The number of carbonyl (C=O) groups excluding carboxylic acids is 1. The summed E-state index contributed by atoms with van der Waals surface area (Å²) in [6.07, 6.45) is 3.18. The average Bonchev–Trinajstić information content (AvgIpc) is 3.32. The van der Waals surface area contributed by atoms with E-state index < -0.39 is 5.82 Å². The molecule has 0 amide bonds. The second kappa shape index (κ2) is 5.86. The highest BCUT2D eigenvalue weighted by Gasteiger charge is 2.22. The van der Waals surface area contributed by atoms with E-state index in [-0.39, 0.29) is 5.02 Å². The SMILES string of the molecule is O=Cc1cc(OCC2CC2)ccc1-c1ccc(Cl)c(F)c1. The van der Waals surface area contributed by atoms with Crippen LogP contribution in [0.15, 0.2) is 36.4 Å². The normalized spacial score (nSPS) is 14.0. The quantitative estimate of drug-likeness (QED) is 0.745. The maximum Gasteiger partial charge on any atom is 0.150 e. The van der Waals surface area contributed by atoms with Gasteiger partial charge in [-0.2, -0.15) is 0 Å². The van der Waals surface area contributed by atoms with Gasteiger partial charge in [0.2, 0.25) is 0 Å². The number of aldehydes is 1. The summed E-state index contributed by atoms with van der Waals surface area (Å²) in [4.78, 5) is 11.3. The summed E-state index contributed by atoms with van der Waals surface area (Å²) in [5.74, 6) is 0.817. The summed E-state index contributed by atoms with van der Waals surface area (Å²) in [5.41, 5.74) is 1.76. The lowest BCUT2D eigenvalue weighted by atomic mass is 10.00. The van der Waals surface area contributed by atoms with Crippen LogP contribution in [0.25, 0.3) is 11.1 Å². The van der Waals surface area contributed by atoms with Crippen molar-refractivity contribution in [2.24, 2.45) is 5.92 Å². The van der Waals surface area contributed by atoms with Crippen LogP contribution in [-0.4, -0.2) is 12.9 Å². The first-order chi connectivity index (χ1) is 10.2. The predicted octanol–water partition coefficient (Wildman–Crippen LogP) is 4.75. The van der Waals surface area contributed by atoms with E-state index in [1.54, 1.807) is 24.3 Å². The van der Waals surface area contributed by atoms with Crippen molar-refractivity contribution in [2.75, 3.05) is 6.61 Å². The molecule has 3 rings (SSSR count). The topological polar surface area (TPSA) is 26.3 Å². The Labute approximate surface area is 127 Å². The molecule has 21 heavy (non-hydrogen) atoms. The highest BCUT2D eigenvalue weighted by Crippen LogP contribution is 2.32. The van der Waals surface area contributed by atoms with E-state index in [9.17, 15) is 9.18 Å². The number of hydrogen-bond donors (Lipinski definition) is 0. The second-order valence-electron chi connectivity index (χ2n) is 5.25. The highest BCUT2D eigenvalue weighted by atomic mass is 35.5. The lowest BCUT2D eigenvalue weighted by molar-refractivity contribution is 0.112. The lowest BCUT2D eigenvalue weighted by Gasteiger charge is -2.10. The van der Waals surface area contributed by atoms with Gasteiger partial charge in [-0.3, -0.25) is 4.79 Å². The van der Waals surface area contributed by atoms with Crippen molar-refractivity contribution in [3.05, 3.63) is 52.8 Å². The van der Waals surface area contributed by atoms with Gasteiger partial charge in [0.1, 0.15) is 11.6 Å². The fourth-order valence-electron chi connectivity index (χ4n) is 2.15. The number of benzene rings is 2. The van der Waals surface area contributed by atoms with Crippen LogP contribution in [0.5, 0.6) is 5.75 Å².